The van der Waals surface area contributed by atoms with E-state index in [9.17, 15) is 9.18 Å². The molecule has 0 fully saturated rings. The first-order valence-corrected chi connectivity index (χ1v) is 5.51. The van der Waals surface area contributed by atoms with Crippen LogP contribution in [0.5, 0.6) is 0 Å². The molecule has 0 aliphatic rings. The molecule has 0 radical (unpaired) electrons. The largest absolute Gasteiger partial charge is 0.399 e. The Kier molecular flexibility index (Phi) is 4.45. The molecule has 0 bridgehead atoms. The molecule has 1 amide bonds. The van der Waals surface area contributed by atoms with E-state index in [1.54, 1.807) is 6.92 Å². The number of nitrogens with one attached hydrogen (secondary N) is 1. The Morgan fingerprint density at radius 2 is 2.24 bits per heavy atom. The van der Waals surface area contributed by atoms with Crippen LogP contribution >= 0.6 is 0 Å². The second-order valence-corrected chi connectivity index (χ2v) is 3.98. The van der Waals surface area contributed by atoms with E-state index < -0.39 is 5.82 Å². The minimum atomic E-state index is -0.487. The average molecular weight is 239 g/mol. The van der Waals surface area contributed by atoms with Gasteiger partial charge in [-0.3, -0.25) is 9.69 Å². The van der Waals surface area contributed by atoms with Crippen LogP contribution in [-0.4, -0.2) is 30.4 Å². The predicted octanol–water partition coefficient (Wildman–Crippen LogP) is 1.69. The summed E-state index contributed by atoms with van der Waals surface area (Å²) in [7, 11) is 1.83. The number of halogens is 1. The van der Waals surface area contributed by atoms with Gasteiger partial charge >= 0.3 is 0 Å². The van der Waals surface area contributed by atoms with E-state index in [0.717, 1.165) is 6.54 Å². The van der Waals surface area contributed by atoms with Crippen molar-refractivity contribution in [2.75, 3.05) is 24.6 Å². The minimum absolute atomic E-state index is 0.117. The summed E-state index contributed by atoms with van der Waals surface area (Å²) in [5, 5.41) is 2.53. The zero-order valence-corrected chi connectivity index (χ0v) is 10.3. The number of nitrogens with zero attached hydrogens (tertiary/aromatic N) is 1. The van der Waals surface area contributed by atoms with Crippen LogP contribution in [0.2, 0.25) is 0 Å². The summed E-state index contributed by atoms with van der Waals surface area (Å²) in [5.41, 5.74) is 6.07. The Labute approximate surface area is 101 Å². The maximum Gasteiger partial charge on any atom is 0.241 e. The Bertz CT molecular complexity index is 409. The number of benzene rings is 1. The maximum atomic E-state index is 13.4. The molecule has 0 spiro atoms. The number of carbonyl (C=O) groups is 1. The van der Waals surface area contributed by atoms with Crippen LogP contribution < -0.4 is 11.1 Å². The third-order valence-corrected chi connectivity index (χ3v) is 2.79. The van der Waals surface area contributed by atoms with Crippen molar-refractivity contribution >= 4 is 17.3 Å². The third-order valence-electron chi connectivity index (χ3n) is 2.79. The number of hydrogen-bond donors (Lipinski definition) is 2. The predicted molar refractivity (Wildman–Crippen MR) is 67.2 cm³/mol. The fourth-order valence-electron chi connectivity index (χ4n) is 1.35. The molecule has 0 saturated carbocycles. The van der Waals surface area contributed by atoms with Gasteiger partial charge < -0.3 is 11.1 Å². The zero-order chi connectivity index (χ0) is 13.0. The van der Waals surface area contributed by atoms with E-state index in [1.807, 2.05) is 18.9 Å². The maximum absolute atomic E-state index is 13.4. The molecule has 3 N–H and O–H groups in total. The SMILES string of the molecule is CCN(C)C(C)C(=O)Nc1cc(N)ccc1F. The molecular formula is C12H18FN3O. The highest BCUT2D eigenvalue weighted by Gasteiger charge is 2.17. The van der Waals surface area contributed by atoms with Crippen molar-refractivity contribution in [2.45, 2.75) is 19.9 Å². The number of hydrogen-bond acceptors (Lipinski definition) is 3. The summed E-state index contributed by atoms with van der Waals surface area (Å²) in [4.78, 5) is 13.7. The van der Waals surface area contributed by atoms with Gasteiger partial charge in [-0.2, -0.15) is 0 Å². The van der Waals surface area contributed by atoms with Gasteiger partial charge in [-0.25, -0.2) is 4.39 Å². The van der Waals surface area contributed by atoms with Gasteiger partial charge in [-0.05, 0) is 38.7 Å². The quantitative estimate of drug-likeness (QED) is 0.786. The molecule has 0 aromatic heterocycles. The van der Waals surface area contributed by atoms with Crippen molar-refractivity contribution in [1.29, 1.82) is 0 Å². The topological polar surface area (TPSA) is 58.4 Å². The van der Waals surface area contributed by atoms with Gasteiger partial charge in [0.05, 0.1) is 11.7 Å². The van der Waals surface area contributed by atoms with Crippen LogP contribution in [0.1, 0.15) is 13.8 Å². The second-order valence-electron chi connectivity index (χ2n) is 3.98. The lowest BCUT2D eigenvalue weighted by Gasteiger charge is -2.22. The lowest BCUT2D eigenvalue weighted by molar-refractivity contribution is -0.120. The molecule has 1 aromatic carbocycles. The first-order valence-electron chi connectivity index (χ1n) is 5.51. The Balaban J connectivity index is 2.77. The van der Waals surface area contributed by atoms with Gasteiger partial charge in [0.15, 0.2) is 0 Å². The van der Waals surface area contributed by atoms with Crippen molar-refractivity contribution in [2.24, 2.45) is 0 Å². The second kappa shape index (κ2) is 5.63. The summed E-state index contributed by atoms with van der Waals surface area (Å²) < 4.78 is 13.4. The highest BCUT2D eigenvalue weighted by atomic mass is 19.1. The van der Waals surface area contributed by atoms with Gasteiger partial charge in [0.2, 0.25) is 5.91 Å². The molecule has 5 heteroatoms. The molecule has 1 unspecified atom stereocenters. The molecule has 0 heterocycles. The number of anilines is 2. The van der Waals surface area contributed by atoms with Gasteiger partial charge in [0.1, 0.15) is 5.82 Å². The fourth-order valence-corrected chi connectivity index (χ4v) is 1.35. The molecule has 94 valence electrons. The first-order chi connectivity index (χ1) is 7.95. The van der Waals surface area contributed by atoms with Crippen LogP contribution in [0.15, 0.2) is 18.2 Å². The van der Waals surface area contributed by atoms with Crippen LogP contribution in [-0.2, 0) is 4.79 Å². The number of carbonyl (C=O) groups excluding carboxylic acids is 1. The summed E-state index contributed by atoms with van der Waals surface area (Å²) in [5.74, 6) is -0.738. The molecule has 17 heavy (non-hydrogen) atoms. The number of likely N-dealkylation sites (N-methyl/N-ethyl adjacent to an activating group) is 1. The van der Waals surface area contributed by atoms with Crippen molar-refractivity contribution < 1.29 is 9.18 Å². The molecule has 1 aromatic rings. The number of nitrogens with two attached hydrogens (primary N) is 1. The molecule has 1 rings (SSSR count). The van der Waals surface area contributed by atoms with Crippen LogP contribution in [0.4, 0.5) is 15.8 Å². The van der Waals surface area contributed by atoms with E-state index in [-0.39, 0.29) is 17.6 Å². The Morgan fingerprint density at radius 3 is 2.82 bits per heavy atom. The van der Waals surface area contributed by atoms with E-state index in [0.29, 0.717) is 5.69 Å². The van der Waals surface area contributed by atoms with Crippen molar-refractivity contribution in [3.8, 4) is 0 Å². The van der Waals surface area contributed by atoms with Crippen molar-refractivity contribution in [3.63, 3.8) is 0 Å². The van der Waals surface area contributed by atoms with Gasteiger partial charge in [-0.1, -0.05) is 6.92 Å². The first kappa shape index (κ1) is 13.4. The number of amides is 1. The Hall–Kier alpha value is -1.62. The monoisotopic (exact) mass is 239 g/mol. The van der Waals surface area contributed by atoms with Crippen LogP contribution in [0.25, 0.3) is 0 Å². The van der Waals surface area contributed by atoms with Gasteiger partial charge in [0.25, 0.3) is 0 Å². The summed E-state index contributed by atoms with van der Waals surface area (Å²) in [6.45, 7) is 4.46. The molecule has 0 saturated heterocycles. The Morgan fingerprint density at radius 1 is 1.59 bits per heavy atom. The molecule has 4 nitrogen and oxygen atoms in total. The minimum Gasteiger partial charge on any atom is -0.399 e. The van der Waals surface area contributed by atoms with E-state index in [4.69, 9.17) is 5.73 Å². The van der Waals surface area contributed by atoms with Crippen molar-refractivity contribution in [1.82, 2.24) is 4.90 Å². The smallest absolute Gasteiger partial charge is 0.241 e. The van der Waals surface area contributed by atoms with Crippen LogP contribution in [0.3, 0.4) is 0 Å². The van der Waals surface area contributed by atoms with Gasteiger partial charge in [0, 0.05) is 5.69 Å². The van der Waals surface area contributed by atoms with Crippen molar-refractivity contribution in [3.05, 3.63) is 24.0 Å². The van der Waals surface area contributed by atoms with E-state index in [2.05, 4.69) is 5.32 Å². The zero-order valence-electron chi connectivity index (χ0n) is 10.3. The molecule has 1 atom stereocenters. The molecule has 0 aliphatic carbocycles. The lowest BCUT2D eigenvalue weighted by atomic mass is 10.2. The average Bonchev–Trinajstić information content (AvgIpc) is 2.31. The normalized spacial score (nSPS) is 12.5. The number of nitrogen functional groups attached to an aromatic ring is 1. The summed E-state index contributed by atoms with van der Waals surface area (Å²) in [6.07, 6.45) is 0. The van der Waals surface area contributed by atoms with E-state index in [1.165, 1.54) is 18.2 Å². The molecule has 0 aliphatic heterocycles. The fraction of sp³-hybridized carbons (Fsp3) is 0.417. The van der Waals surface area contributed by atoms with Gasteiger partial charge in [-0.15, -0.1) is 0 Å². The third kappa shape index (κ3) is 3.42. The summed E-state index contributed by atoms with van der Waals surface area (Å²) in [6, 6.07) is 3.78. The lowest BCUT2D eigenvalue weighted by Crippen LogP contribution is -2.39. The van der Waals surface area contributed by atoms with E-state index >= 15 is 0 Å². The van der Waals surface area contributed by atoms with Crippen LogP contribution in [0, 0.1) is 5.82 Å². The standard InChI is InChI=1S/C12H18FN3O/c1-4-16(3)8(2)12(17)15-11-7-9(14)5-6-10(11)13/h5-8H,4,14H2,1-3H3,(H,15,17). The summed E-state index contributed by atoms with van der Waals surface area (Å²) >= 11 is 0. The molecular weight excluding hydrogens is 221 g/mol. The highest BCUT2D eigenvalue weighted by Crippen LogP contribution is 2.17. The number of rotatable bonds is 4. The highest BCUT2D eigenvalue weighted by molar-refractivity contribution is 5.95.